The highest BCUT2D eigenvalue weighted by atomic mass is 19.1. The van der Waals surface area contributed by atoms with Crippen LogP contribution in [-0.4, -0.2) is 31.6 Å². The summed E-state index contributed by atoms with van der Waals surface area (Å²) in [4.78, 5) is 15.1. The van der Waals surface area contributed by atoms with Crippen molar-refractivity contribution in [3.63, 3.8) is 0 Å². The summed E-state index contributed by atoms with van der Waals surface area (Å²) in [7, 11) is 3.27. The number of amides is 1. The molecule has 1 amide bonds. The smallest absolute Gasteiger partial charge is 0.226 e. The number of rotatable bonds is 5. The fourth-order valence-corrected chi connectivity index (χ4v) is 4.21. The molecule has 2 aromatic carbocycles. The Hall–Kier alpha value is -2.56. The summed E-state index contributed by atoms with van der Waals surface area (Å²) in [6.07, 6.45) is 2.76. The Kier molecular flexibility index (Phi) is 4.77. The molecule has 2 fully saturated rings. The summed E-state index contributed by atoms with van der Waals surface area (Å²) in [5, 5.41) is 0. The van der Waals surface area contributed by atoms with E-state index in [1.165, 1.54) is 12.1 Å². The van der Waals surface area contributed by atoms with Gasteiger partial charge in [-0.3, -0.25) is 4.79 Å². The van der Waals surface area contributed by atoms with Gasteiger partial charge in [-0.25, -0.2) is 4.39 Å². The number of hydrogen-bond acceptors (Lipinski definition) is 3. The fourth-order valence-electron chi connectivity index (χ4n) is 4.21. The molecule has 1 aliphatic carbocycles. The Bertz CT molecular complexity index is 836. The van der Waals surface area contributed by atoms with Crippen LogP contribution in [0.4, 0.5) is 4.39 Å². The Morgan fingerprint density at radius 2 is 1.89 bits per heavy atom. The van der Waals surface area contributed by atoms with E-state index in [0.29, 0.717) is 0 Å². The maximum absolute atomic E-state index is 13.2. The van der Waals surface area contributed by atoms with Crippen molar-refractivity contribution in [3.05, 3.63) is 59.4 Å². The van der Waals surface area contributed by atoms with Gasteiger partial charge in [0, 0.05) is 24.1 Å². The third-order valence-electron chi connectivity index (χ3n) is 5.74. The van der Waals surface area contributed by atoms with E-state index in [4.69, 9.17) is 9.47 Å². The second-order valence-electron chi connectivity index (χ2n) is 7.30. The lowest BCUT2D eigenvalue weighted by atomic mass is 10.0. The van der Waals surface area contributed by atoms with Crippen LogP contribution >= 0.6 is 0 Å². The molecule has 4 nitrogen and oxygen atoms in total. The average Bonchev–Trinajstić information content (AvgIpc) is 3.35. The van der Waals surface area contributed by atoms with Crippen LogP contribution in [0.3, 0.4) is 0 Å². The van der Waals surface area contributed by atoms with Crippen molar-refractivity contribution in [2.45, 2.75) is 31.2 Å². The second kappa shape index (κ2) is 7.22. The van der Waals surface area contributed by atoms with Crippen LogP contribution in [0.15, 0.2) is 42.5 Å². The van der Waals surface area contributed by atoms with Gasteiger partial charge in [0.1, 0.15) is 17.3 Å². The first-order valence-electron chi connectivity index (χ1n) is 9.40. The summed E-state index contributed by atoms with van der Waals surface area (Å²) in [5.74, 6) is 1.66. The highest BCUT2D eigenvalue weighted by Crippen LogP contribution is 2.50. The van der Waals surface area contributed by atoms with Gasteiger partial charge in [-0.2, -0.15) is 0 Å². The van der Waals surface area contributed by atoms with E-state index in [0.717, 1.165) is 48.4 Å². The van der Waals surface area contributed by atoms with Gasteiger partial charge < -0.3 is 14.4 Å². The van der Waals surface area contributed by atoms with E-state index in [1.807, 2.05) is 23.1 Å². The molecular weight excluding hydrogens is 345 g/mol. The van der Waals surface area contributed by atoms with Gasteiger partial charge in [-0.05, 0) is 55.0 Å². The minimum absolute atomic E-state index is 0.000282. The zero-order valence-electron chi connectivity index (χ0n) is 15.7. The van der Waals surface area contributed by atoms with Crippen molar-refractivity contribution in [1.82, 2.24) is 4.90 Å². The fraction of sp³-hybridized carbons (Fsp3) is 0.409. The van der Waals surface area contributed by atoms with Crippen LogP contribution in [0.2, 0.25) is 0 Å². The lowest BCUT2D eigenvalue weighted by Crippen LogP contribution is -2.32. The average molecular weight is 369 g/mol. The molecule has 0 N–H and O–H groups in total. The van der Waals surface area contributed by atoms with E-state index in [1.54, 1.807) is 26.4 Å². The predicted molar refractivity (Wildman–Crippen MR) is 100 cm³/mol. The van der Waals surface area contributed by atoms with E-state index < -0.39 is 0 Å². The number of ether oxygens (including phenoxy) is 2. The lowest BCUT2D eigenvalue weighted by molar-refractivity contribution is -0.133. The number of benzene rings is 2. The van der Waals surface area contributed by atoms with Crippen molar-refractivity contribution in [2.75, 3.05) is 20.8 Å². The summed E-state index contributed by atoms with van der Waals surface area (Å²) < 4.78 is 24.0. The normalized spacial score (nSPS) is 24.0. The number of hydrogen-bond donors (Lipinski definition) is 0. The van der Waals surface area contributed by atoms with E-state index in [-0.39, 0.29) is 29.6 Å². The van der Waals surface area contributed by atoms with Crippen LogP contribution in [0.25, 0.3) is 0 Å². The molecule has 0 spiro atoms. The van der Waals surface area contributed by atoms with Crippen LogP contribution in [0.5, 0.6) is 11.5 Å². The van der Waals surface area contributed by atoms with E-state index >= 15 is 0 Å². The zero-order valence-corrected chi connectivity index (χ0v) is 15.7. The first kappa shape index (κ1) is 17.8. The largest absolute Gasteiger partial charge is 0.497 e. The maximum Gasteiger partial charge on any atom is 0.226 e. The van der Waals surface area contributed by atoms with Gasteiger partial charge in [0.25, 0.3) is 0 Å². The van der Waals surface area contributed by atoms with Crippen LogP contribution in [-0.2, 0) is 4.79 Å². The Morgan fingerprint density at radius 3 is 2.59 bits per heavy atom. The summed E-state index contributed by atoms with van der Waals surface area (Å²) in [6.45, 7) is 0.769. The summed E-state index contributed by atoms with van der Waals surface area (Å²) in [5.41, 5.74) is 2.08. The Balaban J connectivity index is 1.52. The number of nitrogens with zero attached hydrogens (tertiary/aromatic N) is 1. The minimum Gasteiger partial charge on any atom is -0.497 e. The number of carbonyl (C=O) groups is 1. The first-order chi connectivity index (χ1) is 13.1. The van der Waals surface area contributed by atoms with Crippen LogP contribution < -0.4 is 9.47 Å². The molecule has 4 rings (SSSR count). The molecule has 3 unspecified atom stereocenters. The second-order valence-corrected chi connectivity index (χ2v) is 7.30. The maximum atomic E-state index is 13.2. The predicted octanol–water partition coefficient (Wildman–Crippen LogP) is 4.31. The van der Waals surface area contributed by atoms with Gasteiger partial charge >= 0.3 is 0 Å². The monoisotopic (exact) mass is 369 g/mol. The molecular formula is C22H24FNO3. The summed E-state index contributed by atoms with van der Waals surface area (Å²) >= 11 is 0. The molecule has 2 aliphatic rings. The standard InChI is InChI=1S/C22H24FNO3/c1-26-16-9-10-17(21(12-16)27-2)20-4-3-11-24(20)22(25)19-13-18(19)14-5-7-15(23)8-6-14/h5-10,12,18-20H,3-4,11,13H2,1-2H3. The van der Waals surface area contributed by atoms with Crippen molar-refractivity contribution in [1.29, 1.82) is 0 Å². The minimum atomic E-state index is -0.242. The van der Waals surface area contributed by atoms with Crippen molar-refractivity contribution < 1.29 is 18.7 Å². The molecule has 142 valence electrons. The quantitative estimate of drug-likeness (QED) is 0.788. The molecule has 1 heterocycles. The zero-order chi connectivity index (χ0) is 19.0. The molecule has 3 atom stereocenters. The third-order valence-corrected chi connectivity index (χ3v) is 5.74. The molecule has 0 bridgehead atoms. The Morgan fingerprint density at radius 1 is 1.11 bits per heavy atom. The molecule has 2 aromatic rings. The van der Waals surface area contributed by atoms with Crippen molar-refractivity contribution in [2.24, 2.45) is 5.92 Å². The number of halogens is 1. The van der Waals surface area contributed by atoms with Crippen LogP contribution in [0, 0.1) is 11.7 Å². The van der Waals surface area contributed by atoms with Gasteiger partial charge in [0.05, 0.1) is 20.3 Å². The summed E-state index contributed by atoms with van der Waals surface area (Å²) in [6, 6.07) is 12.3. The molecule has 5 heteroatoms. The molecule has 27 heavy (non-hydrogen) atoms. The molecule has 1 saturated heterocycles. The molecule has 0 aromatic heterocycles. The SMILES string of the molecule is COc1ccc(C2CCCN2C(=O)C2CC2c2ccc(F)cc2)c(OC)c1. The third kappa shape index (κ3) is 3.38. The number of methoxy groups -OCH3 is 2. The van der Waals surface area contributed by atoms with Gasteiger partial charge in [-0.1, -0.05) is 12.1 Å². The first-order valence-corrected chi connectivity index (χ1v) is 9.40. The lowest BCUT2D eigenvalue weighted by Gasteiger charge is -2.27. The highest BCUT2D eigenvalue weighted by molar-refractivity contribution is 5.84. The van der Waals surface area contributed by atoms with Crippen molar-refractivity contribution in [3.8, 4) is 11.5 Å². The van der Waals surface area contributed by atoms with E-state index in [9.17, 15) is 9.18 Å². The molecule has 1 saturated carbocycles. The topological polar surface area (TPSA) is 38.8 Å². The highest BCUT2D eigenvalue weighted by Gasteiger charge is 2.48. The van der Waals surface area contributed by atoms with Gasteiger partial charge in [0.2, 0.25) is 5.91 Å². The van der Waals surface area contributed by atoms with Crippen LogP contribution in [0.1, 0.15) is 42.3 Å². The molecule has 0 radical (unpaired) electrons. The van der Waals surface area contributed by atoms with Gasteiger partial charge in [0.15, 0.2) is 0 Å². The van der Waals surface area contributed by atoms with Gasteiger partial charge in [-0.15, -0.1) is 0 Å². The van der Waals surface area contributed by atoms with Crippen molar-refractivity contribution >= 4 is 5.91 Å². The Labute approximate surface area is 158 Å². The molecule has 1 aliphatic heterocycles. The number of carbonyl (C=O) groups excluding carboxylic acids is 1. The number of likely N-dealkylation sites (tertiary alicyclic amines) is 1. The van der Waals surface area contributed by atoms with E-state index in [2.05, 4.69) is 0 Å².